The van der Waals surface area contributed by atoms with Crippen molar-refractivity contribution < 1.29 is 72.3 Å². The van der Waals surface area contributed by atoms with E-state index in [2.05, 4.69) is 37.2 Å². The van der Waals surface area contributed by atoms with Crippen LogP contribution in [-0.4, -0.2) is 162 Å². The zero-order valence-corrected chi connectivity index (χ0v) is 37.7. The monoisotopic (exact) mass is 918 g/mol. The van der Waals surface area contributed by atoms with Crippen molar-refractivity contribution in [3.8, 4) is 0 Å². The lowest BCUT2D eigenvalue weighted by Gasteiger charge is -2.14. The van der Waals surface area contributed by atoms with Gasteiger partial charge in [-0.15, -0.1) is 0 Å². The lowest BCUT2D eigenvalue weighted by molar-refractivity contribution is -0.142. The molecule has 0 aromatic rings. The van der Waals surface area contributed by atoms with E-state index in [-0.39, 0.29) is 135 Å². The molecule has 22 nitrogen and oxygen atoms in total. The van der Waals surface area contributed by atoms with Gasteiger partial charge in [-0.1, -0.05) is 77.0 Å². The maximum absolute atomic E-state index is 12.3. The van der Waals surface area contributed by atoms with E-state index in [1.54, 1.807) is 0 Å². The lowest BCUT2D eigenvalue weighted by Crippen LogP contribution is -2.44. The standard InChI is InChI=1S/C42H75N7O15/c1-43-36(52)28-46-37(53)29-47-38(54)30-48-40(56)32-64-27-25-62-23-21-45-39(55)31-63-26-24-61-22-20-44-34(50)19-18-33(42(59)60)49-35(51)16-14-12-10-8-6-4-2-3-5-7-9-11-13-15-17-41(57)58/h33H,2-32H2,1H3,(H,43,52)(H,44,50)(H,45,55)(H,46,53)(H,47,54)(H,48,56)(H,49,51)(H,57,58)(H,59,60)/t33-/m0/s1. The molecule has 0 saturated heterocycles. The molecule has 0 heterocycles. The number of ether oxygens (including phenoxy) is 4. The summed E-state index contributed by atoms with van der Waals surface area (Å²) in [6, 6.07) is -1.16. The SMILES string of the molecule is CNC(=O)CNC(=O)CNC(=O)CNC(=O)COCCOCCNC(=O)COCCOCCNC(=O)CC[C@H](NC(=O)CCCCCCCCCCCCCCCCC(=O)O)C(=O)O. The fourth-order valence-corrected chi connectivity index (χ4v) is 5.72. The molecule has 0 aliphatic heterocycles. The maximum Gasteiger partial charge on any atom is 0.326 e. The van der Waals surface area contributed by atoms with Crippen LogP contribution in [0.3, 0.4) is 0 Å². The second kappa shape index (κ2) is 42.0. The molecule has 0 fully saturated rings. The molecule has 368 valence electrons. The summed E-state index contributed by atoms with van der Waals surface area (Å²) in [7, 11) is 1.42. The van der Waals surface area contributed by atoms with Gasteiger partial charge < -0.3 is 66.4 Å². The van der Waals surface area contributed by atoms with Crippen LogP contribution in [-0.2, 0) is 62.1 Å². The largest absolute Gasteiger partial charge is 0.481 e. The van der Waals surface area contributed by atoms with Crippen LogP contribution in [0, 0.1) is 0 Å². The summed E-state index contributed by atoms with van der Waals surface area (Å²) in [6.07, 6.45) is 15.3. The normalized spacial score (nSPS) is 11.2. The van der Waals surface area contributed by atoms with Crippen molar-refractivity contribution in [1.29, 1.82) is 0 Å². The predicted molar refractivity (Wildman–Crippen MR) is 233 cm³/mol. The Hall–Kier alpha value is -4.93. The quantitative estimate of drug-likeness (QED) is 0.0365. The Bertz CT molecular complexity index is 1360. The number of carboxylic acids is 2. The van der Waals surface area contributed by atoms with E-state index in [9.17, 15) is 48.3 Å². The molecule has 0 aromatic carbocycles. The molecule has 0 unspecified atom stereocenters. The third-order valence-corrected chi connectivity index (χ3v) is 9.30. The maximum atomic E-state index is 12.3. The van der Waals surface area contributed by atoms with Crippen LogP contribution in [0.2, 0.25) is 0 Å². The third kappa shape index (κ3) is 41.1. The highest BCUT2D eigenvalue weighted by molar-refractivity contribution is 5.90. The highest BCUT2D eigenvalue weighted by atomic mass is 16.5. The van der Waals surface area contributed by atoms with Gasteiger partial charge in [0.05, 0.1) is 59.3 Å². The zero-order valence-electron chi connectivity index (χ0n) is 37.7. The lowest BCUT2D eigenvalue weighted by atomic mass is 10.0. The van der Waals surface area contributed by atoms with E-state index >= 15 is 0 Å². The Morgan fingerprint density at radius 3 is 1.25 bits per heavy atom. The average Bonchev–Trinajstić information content (AvgIpc) is 3.26. The summed E-state index contributed by atoms with van der Waals surface area (Å²) in [5.41, 5.74) is 0. The van der Waals surface area contributed by atoms with Crippen LogP contribution >= 0.6 is 0 Å². The molecule has 0 aromatic heterocycles. The summed E-state index contributed by atoms with van der Waals surface area (Å²) in [5, 5.41) is 35.2. The van der Waals surface area contributed by atoms with Gasteiger partial charge in [-0.05, 0) is 19.3 Å². The molecule has 0 rings (SSSR count). The number of nitrogens with one attached hydrogen (secondary N) is 7. The molecule has 0 aliphatic rings. The fraction of sp³-hybridized carbons (Fsp3) is 0.786. The molecule has 0 spiro atoms. The number of unbranched alkanes of at least 4 members (excludes halogenated alkanes) is 13. The Kier molecular flexibility index (Phi) is 38.8. The first-order chi connectivity index (χ1) is 30.8. The Labute approximate surface area is 376 Å². The summed E-state index contributed by atoms with van der Waals surface area (Å²) >= 11 is 0. The van der Waals surface area contributed by atoms with E-state index < -0.39 is 35.7 Å². The van der Waals surface area contributed by atoms with Gasteiger partial charge in [0.2, 0.25) is 41.4 Å². The minimum absolute atomic E-state index is 0.0434. The number of rotatable bonds is 44. The van der Waals surface area contributed by atoms with E-state index in [0.717, 1.165) is 44.9 Å². The first-order valence-corrected chi connectivity index (χ1v) is 22.4. The van der Waals surface area contributed by atoms with Crippen LogP contribution in [0.4, 0.5) is 0 Å². The summed E-state index contributed by atoms with van der Waals surface area (Å²) in [6.45, 7) is -0.159. The van der Waals surface area contributed by atoms with Crippen molar-refractivity contribution in [3.63, 3.8) is 0 Å². The van der Waals surface area contributed by atoms with Crippen molar-refractivity contribution in [2.75, 3.05) is 92.6 Å². The molecular formula is C42H75N7O15. The third-order valence-electron chi connectivity index (χ3n) is 9.30. The fourth-order valence-electron chi connectivity index (χ4n) is 5.72. The minimum atomic E-state index is -1.20. The van der Waals surface area contributed by atoms with Crippen LogP contribution in [0.15, 0.2) is 0 Å². The number of carbonyl (C=O) groups is 9. The number of aliphatic carboxylic acids is 2. The van der Waals surface area contributed by atoms with Crippen molar-refractivity contribution in [3.05, 3.63) is 0 Å². The van der Waals surface area contributed by atoms with Crippen LogP contribution in [0.1, 0.15) is 116 Å². The van der Waals surface area contributed by atoms with Crippen molar-refractivity contribution >= 4 is 53.3 Å². The molecule has 64 heavy (non-hydrogen) atoms. The predicted octanol–water partition coefficient (Wildman–Crippen LogP) is 0.0556. The highest BCUT2D eigenvalue weighted by Gasteiger charge is 2.21. The van der Waals surface area contributed by atoms with Crippen molar-refractivity contribution in [1.82, 2.24) is 37.2 Å². The smallest absolute Gasteiger partial charge is 0.326 e. The van der Waals surface area contributed by atoms with Crippen LogP contribution in [0.25, 0.3) is 0 Å². The topological polar surface area (TPSA) is 315 Å². The van der Waals surface area contributed by atoms with Gasteiger partial charge >= 0.3 is 11.9 Å². The molecule has 1 atom stereocenters. The Morgan fingerprint density at radius 1 is 0.406 bits per heavy atom. The number of likely N-dealkylation sites (N-methyl/N-ethyl adjacent to an activating group) is 1. The molecule has 0 aliphatic carbocycles. The second-order valence-electron chi connectivity index (χ2n) is 14.9. The minimum Gasteiger partial charge on any atom is -0.481 e. The van der Waals surface area contributed by atoms with Gasteiger partial charge in [0, 0.05) is 39.4 Å². The number of carboxylic acid groups (broad SMARTS) is 2. The number of hydrogen-bond donors (Lipinski definition) is 9. The van der Waals surface area contributed by atoms with E-state index in [1.807, 2.05) is 0 Å². The molecule has 0 bridgehead atoms. The molecule has 22 heteroatoms. The average molecular weight is 918 g/mol. The summed E-state index contributed by atoms with van der Waals surface area (Å²) in [4.78, 5) is 105. The number of carbonyl (C=O) groups excluding carboxylic acids is 7. The highest BCUT2D eigenvalue weighted by Crippen LogP contribution is 2.14. The summed E-state index contributed by atoms with van der Waals surface area (Å²) in [5.74, 6) is -5.10. The van der Waals surface area contributed by atoms with Crippen LogP contribution in [0.5, 0.6) is 0 Å². The van der Waals surface area contributed by atoms with Gasteiger partial charge in [0.1, 0.15) is 19.3 Å². The Balaban J connectivity index is 3.69. The van der Waals surface area contributed by atoms with Crippen molar-refractivity contribution in [2.24, 2.45) is 0 Å². The molecule has 0 radical (unpaired) electrons. The van der Waals surface area contributed by atoms with Gasteiger partial charge in [-0.3, -0.25) is 38.4 Å². The van der Waals surface area contributed by atoms with Gasteiger partial charge in [0.15, 0.2) is 0 Å². The van der Waals surface area contributed by atoms with Gasteiger partial charge in [-0.25, -0.2) is 4.79 Å². The van der Waals surface area contributed by atoms with Crippen molar-refractivity contribution in [2.45, 2.75) is 122 Å². The molecule has 0 saturated carbocycles. The zero-order chi connectivity index (χ0) is 47.5. The number of hydrogen-bond acceptors (Lipinski definition) is 13. The van der Waals surface area contributed by atoms with E-state index in [4.69, 9.17) is 24.1 Å². The first-order valence-electron chi connectivity index (χ1n) is 22.4. The van der Waals surface area contributed by atoms with Gasteiger partial charge in [-0.2, -0.15) is 0 Å². The van der Waals surface area contributed by atoms with Gasteiger partial charge in [0.25, 0.3) is 0 Å². The number of amides is 7. The molecular weight excluding hydrogens is 842 g/mol. The summed E-state index contributed by atoms with van der Waals surface area (Å²) < 4.78 is 21.1. The van der Waals surface area contributed by atoms with Crippen LogP contribution < -0.4 is 37.2 Å². The second-order valence-corrected chi connectivity index (χ2v) is 14.9. The van der Waals surface area contributed by atoms with E-state index in [0.29, 0.717) is 6.42 Å². The van der Waals surface area contributed by atoms with E-state index in [1.165, 1.54) is 45.6 Å². The Morgan fingerprint density at radius 2 is 0.797 bits per heavy atom. The molecule has 7 amide bonds. The molecule has 9 N–H and O–H groups in total. The first kappa shape index (κ1) is 59.1.